The molecule has 2 saturated heterocycles. The normalized spacial score (nSPS) is 16.2. The smallest absolute Gasteiger partial charge is 0.338 e. The summed E-state index contributed by atoms with van der Waals surface area (Å²) >= 11 is 5.99. The lowest BCUT2D eigenvalue weighted by atomic mass is 10.1. The van der Waals surface area contributed by atoms with Crippen LogP contribution in [-0.2, 0) is 42.9 Å². The van der Waals surface area contributed by atoms with Gasteiger partial charge in [-0.1, -0.05) is 25.3 Å². The van der Waals surface area contributed by atoms with Crippen LogP contribution < -0.4 is 4.74 Å². The predicted molar refractivity (Wildman–Crippen MR) is 179 cm³/mol. The molecule has 0 N–H and O–H groups in total. The van der Waals surface area contributed by atoms with Crippen LogP contribution in [0.5, 0.6) is 5.75 Å². The summed E-state index contributed by atoms with van der Waals surface area (Å²) < 4.78 is 31.8. The van der Waals surface area contributed by atoms with Gasteiger partial charge in [-0.05, 0) is 35.0 Å². The molecule has 2 aromatic rings. The summed E-state index contributed by atoms with van der Waals surface area (Å²) in [6.07, 6.45) is 0.138. The largest absolute Gasteiger partial charge is 0.490 e. The van der Waals surface area contributed by atoms with Gasteiger partial charge in [0.05, 0.1) is 5.56 Å². The van der Waals surface area contributed by atoms with Crippen LogP contribution in [0.3, 0.4) is 0 Å². The highest BCUT2D eigenvalue weighted by molar-refractivity contribution is 8.21. The van der Waals surface area contributed by atoms with Gasteiger partial charge in [-0.15, -0.1) is 47.0 Å². The van der Waals surface area contributed by atoms with E-state index in [0.717, 1.165) is 40.5 Å². The molecule has 2 aromatic carbocycles. The van der Waals surface area contributed by atoms with Crippen LogP contribution in [0.15, 0.2) is 61.7 Å². The van der Waals surface area contributed by atoms with Crippen LogP contribution in [0, 0.1) is 0 Å². The van der Waals surface area contributed by atoms with E-state index in [2.05, 4.69) is 13.2 Å². The third kappa shape index (κ3) is 10.9. The Morgan fingerprint density at radius 1 is 0.674 bits per heavy atom. The molecule has 15 heteroatoms. The average molecular weight is 709 g/mol. The lowest BCUT2D eigenvalue weighted by molar-refractivity contribution is -0.156. The minimum Gasteiger partial charge on any atom is -0.490 e. The molecule has 2 fully saturated rings. The van der Waals surface area contributed by atoms with Gasteiger partial charge in [0.15, 0.2) is 12.2 Å². The number of carbonyl (C=O) groups is 5. The Kier molecular flexibility index (Phi) is 14.1. The number of ether oxygens (including phenoxy) is 6. The fourth-order valence-corrected chi connectivity index (χ4v) is 9.15. The van der Waals surface area contributed by atoms with Crippen LogP contribution in [0.4, 0.5) is 0 Å². The van der Waals surface area contributed by atoms with Crippen molar-refractivity contribution >= 4 is 87.7 Å². The Bertz CT molecular complexity index is 1440. The lowest BCUT2D eigenvalue weighted by Crippen LogP contribution is -2.31. The van der Waals surface area contributed by atoms with Crippen molar-refractivity contribution in [3.63, 3.8) is 0 Å². The zero-order valence-corrected chi connectivity index (χ0v) is 27.9. The number of rotatable bonds is 16. The van der Waals surface area contributed by atoms with Crippen LogP contribution in [0.2, 0.25) is 0 Å². The molecule has 0 bridgehead atoms. The van der Waals surface area contributed by atoms with Gasteiger partial charge in [-0.2, -0.15) is 0 Å². The monoisotopic (exact) mass is 708 g/mol. The molecule has 2 unspecified atom stereocenters. The van der Waals surface area contributed by atoms with Crippen molar-refractivity contribution in [2.24, 2.45) is 0 Å². The number of fused-ring (bicyclic) bond motifs is 1. The second-order valence-electron chi connectivity index (χ2n) is 9.57. The Balaban J connectivity index is 1.32. The number of hydrogen-bond acceptors (Lipinski definition) is 15. The first kappa shape index (κ1) is 35.6. The maximum absolute atomic E-state index is 12.8. The van der Waals surface area contributed by atoms with E-state index in [1.54, 1.807) is 36.4 Å². The molecular formula is C31H32O11S4. The predicted octanol–water partition coefficient (Wildman–Crippen LogP) is 4.27. The highest BCUT2D eigenvalue weighted by Crippen LogP contribution is 2.33. The molecule has 0 amide bonds. The topological polar surface area (TPSA) is 141 Å². The summed E-state index contributed by atoms with van der Waals surface area (Å²) in [4.78, 5) is 61.0. The van der Waals surface area contributed by atoms with Crippen molar-refractivity contribution in [3.8, 4) is 5.75 Å². The molecule has 46 heavy (non-hydrogen) atoms. The second-order valence-corrected chi connectivity index (χ2v) is 15.0. The van der Waals surface area contributed by atoms with E-state index in [-0.39, 0.29) is 47.1 Å². The highest BCUT2D eigenvalue weighted by atomic mass is 32.2. The van der Waals surface area contributed by atoms with Crippen molar-refractivity contribution in [3.05, 3.63) is 67.3 Å². The molecule has 11 nitrogen and oxygen atoms in total. The molecule has 0 aromatic heterocycles. The zero-order chi connectivity index (χ0) is 32.9. The van der Waals surface area contributed by atoms with Gasteiger partial charge >= 0.3 is 29.8 Å². The molecule has 2 atom stereocenters. The summed E-state index contributed by atoms with van der Waals surface area (Å²) in [7, 11) is 0. The number of carbonyl (C=O) groups excluding carboxylic acids is 5. The van der Waals surface area contributed by atoms with Gasteiger partial charge < -0.3 is 28.4 Å². The van der Waals surface area contributed by atoms with Crippen LogP contribution in [0.1, 0.15) is 10.4 Å². The van der Waals surface area contributed by atoms with Crippen LogP contribution in [-0.4, -0.2) is 101 Å². The fraction of sp³-hybridized carbons (Fsp3) is 0.387. The maximum atomic E-state index is 12.8. The van der Waals surface area contributed by atoms with Crippen molar-refractivity contribution in [2.75, 3.05) is 49.4 Å². The van der Waals surface area contributed by atoms with Crippen LogP contribution >= 0.6 is 47.0 Å². The number of esters is 5. The zero-order valence-electron chi connectivity index (χ0n) is 24.6. The summed E-state index contributed by atoms with van der Waals surface area (Å²) in [5.41, 5.74) is 0.252. The average Bonchev–Trinajstić information content (AvgIpc) is 3.82. The van der Waals surface area contributed by atoms with Gasteiger partial charge in [0.2, 0.25) is 0 Å². The summed E-state index contributed by atoms with van der Waals surface area (Å²) in [6.45, 7) is 5.94. The maximum Gasteiger partial charge on any atom is 0.338 e. The molecule has 2 heterocycles. The van der Waals surface area contributed by atoms with Crippen molar-refractivity contribution < 1.29 is 52.4 Å². The summed E-state index contributed by atoms with van der Waals surface area (Å²) in [5, 5.41) is 1.47. The quantitative estimate of drug-likeness (QED) is 0.139. The van der Waals surface area contributed by atoms with E-state index < -0.39 is 36.1 Å². The fourth-order valence-electron chi connectivity index (χ4n) is 4.01. The van der Waals surface area contributed by atoms with Gasteiger partial charge in [0.1, 0.15) is 41.3 Å². The third-order valence-corrected chi connectivity index (χ3v) is 12.1. The molecule has 2 aliphatic heterocycles. The lowest BCUT2D eigenvalue weighted by Gasteiger charge is -2.19. The molecule has 246 valence electrons. The second kappa shape index (κ2) is 18.2. The van der Waals surface area contributed by atoms with E-state index in [4.69, 9.17) is 28.4 Å². The standard InChI is InChI=1S/C31H32O11S4/c1-3-25(32)41-23(17-39-28(35)30-43-9-10-44-30)15-37-22-8-7-19-13-21(6-5-20(19)14-22)27(34)38-16-24(42-26(33)4-2)18-40-29(36)31-45-11-12-46-31/h3-8,13-14,23-24,30-31H,1-2,9-12,15-18H2. The van der Waals surface area contributed by atoms with Gasteiger partial charge in [0.25, 0.3) is 0 Å². The molecule has 2 aliphatic rings. The Labute approximate surface area is 282 Å². The van der Waals surface area contributed by atoms with Gasteiger partial charge in [-0.3, -0.25) is 0 Å². The van der Waals surface area contributed by atoms with Crippen molar-refractivity contribution in [2.45, 2.75) is 21.4 Å². The Morgan fingerprint density at radius 2 is 1.15 bits per heavy atom. The number of thioether (sulfide) groups is 4. The number of hydrogen-bond donors (Lipinski definition) is 0. The van der Waals surface area contributed by atoms with E-state index in [9.17, 15) is 24.0 Å². The van der Waals surface area contributed by atoms with E-state index >= 15 is 0 Å². The van der Waals surface area contributed by atoms with E-state index in [1.165, 1.54) is 47.0 Å². The molecular weight excluding hydrogens is 677 g/mol. The highest BCUT2D eigenvalue weighted by Gasteiger charge is 2.28. The summed E-state index contributed by atoms with van der Waals surface area (Å²) in [5.74, 6) is 1.05. The Morgan fingerprint density at radius 3 is 1.70 bits per heavy atom. The minimum atomic E-state index is -1.01. The third-order valence-electron chi connectivity index (χ3n) is 6.23. The first-order chi connectivity index (χ1) is 22.2. The van der Waals surface area contributed by atoms with Crippen LogP contribution in [0.25, 0.3) is 10.8 Å². The first-order valence-electron chi connectivity index (χ1n) is 14.0. The van der Waals surface area contributed by atoms with Gasteiger partial charge in [0, 0.05) is 35.2 Å². The summed E-state index contributed by atoms with van der Waals surface area (Å²) in [6, 6.07) is 10.1. The van der Waals surface area contributed by atoms with Crippen molar-refractivity contribution in [1.82, 2.24) is 0 Å². The molecule has 0 spiro atoms. The first-order valence-corrected chi connectivity index (χ1v) is 18.2. The Hall–Kier alpha value is -3.27. The van der Waals surface area contributed by atoms with Crippen molar-refractivity contribution in [1.29, 1.82) is 0 Å². The van der Waals surface area contributed by atoms with E-state index in [0.29, 0.717) is 11.1 Å². The number of benzene rings is 2. The molecule has 0 saturated carbocycles. The molecule has 0 radical (unpaired) electrons. The van der Waals surface area contributed by atoms with E-state index in [1.807, 2.05) is 0 Å². The molecule has 4 rings (SSSR count). The van der Waals surface area contributed by atoms with Gasteiger partial charge in [-0.25, -0.2) is 24.0 Å². The molecule has 0 aliphatic carbocycles. The SMILES string of the molecule is C=CC(=O)OC(COC(=O)c1ccc2cc(OCC(COC(=O)C3SCCS3)OC(=O)C=C)ccc2c1)COC(=O)C1SCCS1. The minimum absolute atomic E-state index is 0.0705.